The maximum Gasteiger partial charge on any atom is 0.407 e. The number of carbonyl (C=O) groups excluding carboxylic acids is 1. The van der Waals surface area contributed by atoms with Crippen LogP contribution in [0.2, 0.25) is 0 Å². The lowest BCUT2D eigenvalue weighted by atomic mass is 10.0. The third kappa shape index (κ3) is 8.06. The Morgan fingerprint density at radius 1 is 1.07 bits per heavy atom. The highest BCUT2D eigenvalue weighted by atomic mass is 19.1. The summed E-state index contributed by atoms with van der Waals surface area (Å²) in [5, 5.41) is 16.6. The van der Waals surface area contributed by atoms with Gasteiger partial charge in [0.15, 0.2) is 0 Å². The molecule has 0 heterocycles. The normalized spacial score (nSPS) is 13.6. The Bertz CT molecular complexity index is 730. The minimum Gasteiger partial charge on any atom is -0.444 e. The zero-order valence-electron chi connectivity index (χ0n) is 16.6. The van der Waals surface area contributed by atoms with Gasteiger partial charge >= 0.3 is 6.09 Å². The first-order valence-electron chi connectivity index (χ1n) is 9.39. The van der Waals surface area contributed by atoms with E-state index in [2.05, 4.69) is 10.6 Å². The summed E-state index contributed by atoms with van der Waals surface area (Å²) in [5.74, 6) is -0.284. The molecule has 2 aromatic carbocycles. The first-order chi connectivity index (χ1) is 13.2. The Morgan fingerprint density at radius 2 is 1.71 bits per heavy atom. The molecule has 0 unspecified atom stereocenters. The molecule has 0 aromatic heterocycles. The summed E-state index contributed by atoms with van der Waals surface area (Å²) in [6.07, 6.45) is -0.918. The molecule has 5 nitrogen and oxygen atoms in total. The number of nitrogens with one attached hydrogen (secondary N) is 2. The van der Waals surface area contributed by atoms with Crippen molar-refractivity contribution in [2.24, 2.45) is 0 Å². The molecule has 3 N–H and O–H groups in total. The van der Waals surface area contributed by atoms with Gasteiger partial charge < -0.3 is 20.5 Å². The van der Waals surface area contributed by atoms with Crippen LogP contribution in [0.15, 0.2) is 54.6 Å². The van der Waals surface area contributed by atoms with Crippen LogP contribution in [-0.2, 0) is 17.7 Å². The number of aliphatic hydroxyl groups is 1. The van der Waals surface area contributed by atoms with E-state index in [0.29, 0.717) is 13.0 Å². The van der Waals surface area contributed by atoms with Crippen molar-refractivity contribution in [2.45, 2.75) is 51.5 Å². The van der Waals surface area contributed by atoms with Gasteiger partial charge in [-0.15, -0.1) is 0 Å². The highest BCUT2D eigenvalue weighted by Crippen LogP contribution is 2.10. The molecule has 0 saturated carbocycles. The highest BCUT2D eigenvalue weighted by molar-refractivity contribution is 5.68. The quantitative estimate of drug-likeness (QED) is 0.648. The fourth-order valence-electron chi connectivity index (χ4n) is 2.72. The Kier molecular flexibility index (Phi) is 7.96. The second-order valence-electron chi connectivity index (χ2n) is 7.77. The fourth-order valence-corrected chi connectivity index (χ4v) is 2.72. The van der Waals surface area contributed by atoms with Gasteiger partial charge in [0.05, 0.1) is 12.1 Å². The summed E-state index contributed by atoms with van der Waals surface area (Å²) in [6.45, 7) is 6.13. The van der Waals surface area contributed by atoms with Crippen LogP contribution in [-0.4, -0.2) is 35.5 Å². The molecule has 2 aromatic rings. The first-order valence-corrected chi connectivity index (χ1v) is 9.39. The van der Waals surface area contributed by atoms with Gasteiger partial charge in [-0.25, -0.2) is 9.18 Å². The Labute approximate surface area is 165 Å². The Balaban J connectivity index is 1.95. The van der Waals surface area contributed by atoms with Crippen molar-refractivity contribution >= 4 is 6.09 Å². The maximum absolute atomic E-state index is 13.0. The largest absolute Gasteiger partial charge is 0.444 e. The molecule has 0 aliphatic rings. The number of carbonyl (C=O) groups is 1. The van der Waals surface area contributed by atoms with Gasteiger partial charge in [-0.1, -0.05) is 42.5 Å². The van der Waals surface area contributed by atoms with Crippen LogP contribution in [0.3, 0.4) is 0 Å². The molecule has 6 heteroatoms. The van der Waals surface area contributed by atoms with Gasteiger partial charge in [-0.05, 0) is 50.5 Å². The lowest BCUT2D eigenvalue weighted by molar-refractivity contribution is 0.0422. The second kappa shape index (κ2) is 10.2. The summed E-state index contributed by atoms with van der Waals surface area (Å²) in [6, 6.07) is 15.3. The van der Waals surface area contributed by atoms with Crippen LogP contribution >= 0.6 is 0 Å². The fraction of sp³-hybridized carbons (Fsp3) is 0.409. The average molecular weight is 388 g/mol. The molecular formula is C22H29FN2O3. The first kappa shape index (κ1) is 21.9. The SMILES string of the molecule is CC(C)(C)OC(=O)N[C@@H](Cc1ccccc1)[C@H](O)CNCc1ccc(F)cc1. The van der Waals surface area contributed by atoms with E-state index in [9.17, 15) is 14.3 Å². The number of aliphatic hydroxyl groups excluding tert-OH is 1. The van der Waals surface area contributed by atoms with Crippen molar-refractivity contribution in [1.29, 1.82) is 0 Å². The zero-order chi connectivity index (χ0) is 20.6. The van der Waals surface area contributed by atoms with Crippen molar-refractivity contribution in [3.05, 3.63) is 71.5 Å². The van der Waals surface area contributed by atoms with Crippen LogP contribution in [0.5, 0.6) is 0 Å². The van der Waals surface area contributed by atoms with Gasteiger partial charge in [0.1, 0.15) is 11.4 Å². The summed E-state index contributed by atoms with van der Waals surface area (Å²) in [4.78, 5) is 12.2. The molecule has 152 valence electrons. The third-order valence-corrected chi connectivity index (χ3v) is 4.06. The molecule has 2 rings (SSSR count). The van der Waals surface area contributed by atoms with Crippen LogP contribution < -0.4 is 10.6 Å². The number of hydrogen-bond acceptors (Lipinski definition) is 4. The van der Waals surface area contributed by atoms with Crippen LogP contribution in [0.4, 0.5) is 9.18 Å². The van der Waals surface area contributed by atoms with E-state index in [1.807, 2.05) is 30.3 Å². The van der Waals surface area contributed by atoms with Crippen molar-refractivity contribution < 1.29 is 19.0 Å². The molecule has 2 atom stereocenters. The molecule has 0 bridgehead atoms. The smallest absolute Gasteiger partial charge is 0.407 e. The Hall–Kier alpha value is -2.44. The molecule has 0 fully saturated rings. The average Bonchev–Trinajstić information content (AvgIpc) is 2.62. The van der Waals surface area contributed by atoms with E-state index in [1.54, 1.807) is 32.9 Å². The van der Waals surface area contributed by atoms with Crippen molar-refractivity contribution in [1.82, 2.24) is 10.6 Å². The zero-order valence-corrected chi connectivity index (χ0v) is 16.6. The standard InChI is InChI=1S/C22H29FN2O3/c1-22(2,3)28-21(27)25-19(13-16-7-5-4-6-8-16)20(26)15-24-14-17-9-11-18(23)12-10-17/h4-12,19-20,24,26H,13-15H2,1-3H3,(H,25,27)/t19-,20+/m0/s1. The molecule has 0 spiro atoms. The van der Waals surface area contributed by atoms with E-state index < -0.39 is 23.8 Å². The predicted octanol–water partition coefficient (Wildman–Crippen LogP) is 3.41. The van der Waals surface area contributed by atoms with E-state index in [1.165, 1.54) is 12.1 Å². The Morgan fingerprint density at radius 3 is 2.32 bits per heavy atom. The van der Waals surface area contributed by atoms with Gasteiger partial charge in [0.2, 0.25) is 0 Å². The number of halogens is 1. The maximum atomic E-state index is 13.0. The predicted molar refractivity (Wildman–Crippen MR) is 107 cm³/mol. The second-order valence-corrected chi connectivity index (χ2v) is 7.77. The molecule has 0 aliphatic heterocycles. The van der Waals surface area contributed by atoms with Gasteiger partial charge in [-0.3, -0.25) is 0 Å². The number of ether oxygens (including phenoxy) is 1. The van der Waals surface area contributed by atoms with Crippen molar-refractivity contribution in [3.8, 4) is 0 Å². The van der Waals surface area contributed by atoms with Crippen LogP contribution in [0.25, 0.3) is 0 Å². The monoisotopic (exact) mass is 388 g/mol. The van der Waals surface area contributed by atoms with Crippen LogP contribution in [0, 0.1) is 5.82 Å². The number of hydrogen-bond donors (Lipinski definition) is 3. The number of amides is 1. The van der Waals surface area contributed by atoms with Gasteiger partial charge in [0, 0.05) is 13.1 Å². The van der Waals surface area contributed by atoms with Gasteiger partial charge in [0.25, 0.3) is 0 Å². The summed E-state index contributed by atoms with van der Waals surface area (Å²) >= 11 is 0. The topological polar surface area (TPSA) is 70.6 Å². The summed E-state index contributed by atoms with van der Waals surface area (Å²) in [7, 11) is 0. The number of alkyl carbamates (subject to hydrolysis) is 1. The third-order valence-electron chi connectivity index (χ3n) is 4.06. The lowest BCUT2D eigenvalue weighted by Crippen LogP contribution is -2.49. The van der Waals surface area contributed by atoms with Gasteiger partial charge in [-0.2, -0.15) is 0 Å². The number of benzene rings is 2. The van der Waals surface area contributed by atoms with E-state index >= 15 is 0 Å². The van der Waals surface area contributed by atoms with Crippen molar-refractivity contribution in [2.75, 3.05) is 6.54 Å². The molecule has 28 heavy (non-hydrogen) atoms. The van der Waals surface area contributed by atoms with Crippen molar-refractivity contribution in [3.63, 3.8) is 0 Å². The van der Waals surface area contributed by atoms with E-state index in [-0.39, 0.29) is 12.4 Å². The van der Waals surface area contributed by atoms with Crippen LogP contribution in [0.1, 0.15) is 31.9 Å². The molecule has 0 radical (unpaired) electrons. The minimum absolute atomic E-state index is 0.269. The molecule has 1 amide bonds. The van der Waals surface area contributed by atoms with E-state index in [0.717, 1.165) is 11.1 Å². The summed E-state index contributed by atoms with van der Waals surface area (Å²) < 4.78 is 18.3. The summed E-state index contributed by atoms with van der Waals surface area (Å²) in [5.41, 5.74) is 1.29. The van der Waals surface area contributed by atoms with E-state index in [4.69, 9.17) is 4.74 Å². The highest BCUT2D eigenvalue weighted by Gasteiger charge is 2.24. The molecule has 0 aliphatic carbocycles. The lowest BCUT2D eigenvalue weighted by Gasteiger charge is -2.27. The number of rotatable bonds is 8. The minimum atomic E-state index is -0.826. The molecular weight excluding hydrogens is 359 g/mol. The molecule has 0 saturated heterocycles.